The maximum absolute atomic E-state index is 12.4. The summed E-state index contributed by atoms with van der Waals surface area (Å²) < 4.78 is 5.45. The molecule has 98 valence electrons. The Balaban J connectivity index is 1.70. The second-order valence-electron chi connectivity index (χ2n) is 6.13. The molecule has 3 rings (SSSR count). The second kappa shape index (κ2) is 3.96. The van der Waals surface area contributed by atoms with Crippen LogP contribution in [0.15, 0.2) is 0 Å². The van der Waals surface area contributed by atoms with E-state index in [-0.39, 0.29) is 23.5 Å². The summed E-state index contributed by atoms with van der Waals surface area (Å²) in [4.78, 5) is 12.4. The van der Waals surface area contributed by atoms with Crippen LogP contribution in [0.4, 0.5) is 0 Å². The zero-order valence-corrected chi connectivity index (χ0v) is 10.9. The van der Waals surface area contributed by atoms with E-state index >= 15 is 0 Å². The van der Waals surface area contributed by atoms with E-state index in [0.29, 0.717) is 6.61 Å². The van der Waals surface area contributed by atoms with Gasteiger partial charge in [0.1, 0.15) is 5.41 Å². The second-order valence-corrected chi connectivity index (χ2v) is 6.13. The molecule has 0 aromatic carbocycles. The number of hydrogen-bond acceptors (Lipinski definition) is 3. The molecule has 1 aliphatic heterocycles. The molecule has 1 unspecified atom stereocenters. The summed E-state index contributed by atoms with van der Waals surface area (Å²) in [6.07, 6.45) is 6.13. The average molecular weight is 248 g/mol. The Hall–Kier alpha value is -1.08. The zero-order chi connectivity index (χ0) is 12.8. The minimum Gasteiger partial charge on any atom is -0.376 e. The molecule has 1 amide bonds. The van der Waals surface area contributed by atoms with Crippen LogP contribution in [0, 0.1) is 22.2 Å². The number of nitrogens with zero attached hydrogens (tertiary/aromatic N) is 1. The molecule has 1 N–H and O–H groups in total. The molecule has 1 spiro atoms. The van der Waals surface area contributed by atoms with Crippen molar-refractivity contribution in [2.75, 3.05) is 6.61 Å². The number of hydrogen-bond donors (Lipinski definition) is 1. The van der Waals surface area contributed by atoms with Crippen LogP contribution >= 0.6 is 0 Å². The first kappa shape index (κ1) is 12.0. The lowest BCUT2D eigenvalue weighted by molar-refractivity contribution is -0.126. The molecule has 0 aromatic rings. The van der Waals surface area contributed by atoms with Gasteiger partial charge in [0.2, 0.25) is 5.91 Å². The van der Waals surface area contributed by atoms with Gasteiger partial charge in [-0.15, -0.1) is 0 Å². The van der Waals surface area contributed by atoms with Crippen molar-refractivity contribution >= 4 is 5.91 Å². The first-order valence-electron chi connectivity index (χ1n) is 6.97. The van der Waals surface area contributed by atoms with Crippen molar-refractivity contribution in [2.24, 2.45) is 10.8 Å². The van der Waals surface area contributed by atoms with Crippen molar-refractivity contribution in [1.29, 1.82) is 5.26 Å². The van der Waals surface area contributed by atoms with Crippen LogP contribution in [-0.4, -0.2) is 24.7 Å². The Labute approximate surface area is 108 Å². The highest BCUT2D eigenvalue weighted by atomic mass is 16.5. The zero-order valence-electron chi connectivity index (χ0n) is 10.9. The van der Waals surface area contributed by atoms with Crippen molar-refractivity contribution in [3.05, 3.63) is 0 Å². The number of carbonyl (C=O) groups excluding carboxylic acids is 1. The number of rotatable bonds is 2. The quantitative estimate of drug-likeness (QED) is 0.810. The van der Waals surface area contributed by atoms with Crippen molar-refractivity contribution in [3.8, 4) is 6.07 Å². The molecule has 4 heteroatoms. The molecular formula is C14H20N2O2. The van der Waals surface area contributed by atoms with E-state index in [1.54, 1.807) is 0 Å². The topological polar surface area (TPSA) is 62.1 Å². The molecular weight excluding hydrogens is 228 g/mol. The molecule has 3 fully saturated rings. The first-order chi connectivity index (χ1) is 8.63. The Bertz CT molecular complexity index is 409. The summed E-state index contributed by atoms with van der Waals surface area (Å²) in [6.45, 7) is 2.69. The van der Waals surface area contributed by atoms with E-state index in [9.17, 15) is 10.1 Å². The van der Waals surface area contributed by atoms with Gasteiger partial charge in [-0.1, -0.05) is 12.8 Å². The van der Waals surface area contributed by atoms with E-state index < -0.39 is 5.41 Å². The fourth-order valence-electron chi connectivity index (χ4n) is 3.86. The van der Waals surface area contributed by atoms with Crippen LogP contribution < -0.4 is 5.32 Å². The smallest absolute Gasteiger partial charge is 0.241 e. The number of ether oxygens (including phenoxy) is 1. The highest BCUT2D eigenvalue weighted by molar-refractivity contribution is 5.90. The van der Waals surface area contributed by atoms with Gasteiger partial charge in [-0.25, -0.2) is 0 Å². The predicted octanol–water partition coefficient (Wildman–Crippen LogP) is 1.75. The molecule has 0 aromatic heterocycles. The normalized spacial score (nSPS) is 40.7. The van der Waals surface area contributed by atoms with Crippen molar-refractivity contribution in [1.82, 2.24) is 5.32 Å². The Kier molecular flexibility index (Phi) is 2.63. The number of carbonyl (C=O) groups is 1. The minimum absolute atomic E-state index is 0.00847. The lowest BCUT2D eigenvalue weighted by Crippen LogP contribution is -2.44. The Morgan fingerprint density at radius 2 is 2.17 bits per heavy atom. The van der Waals surface area contributed by atoms with E-state index in [1.165, 1.54) is 12.8 Å². The molecule has 0 bridgehead atoms. The SMILES string of the molecule is C[C@H]1OCC[C@H]1NC(=O)C1(C#N)CC12CCCC2. The molecule has 2 aliphatic carbocycles. The molecule has 1 saturated heterocycles. The van der Waals surface area contributed by atoms with Gasteiger partial charge in [0.15, 0.2) is 0 Å². The van der Waals surface area contributed by atoms with Crippen LogP contribution in [-0.2, 0) is 9.53 Å². The predicted molar refractivity (Wildman–Crippen MR) is 65.5 cm³/mol. The molecule has 4 nitrogen and oxygen atoms in total. The number of nitriles is 1. The van der Waals surface area contributed by atoms with Gasteiger partial charge in [-0.3, -0.25) is 4.79 Å². The highest BCUT2D eigenvalue weighted by Gasteiger charge is 2.73. The van der Waals surface area contributed by atoms with Crippen molar-refractivity contribution in [3.63, 3.8) is 0 Å². The van der Waals surface area contributed by atoms with E-state index in [1.807, 2.05) is 6.92 Å². The van der Waals surface area contributed by atoms with E-state index in [2.05, 4.69) is 11.4 Å². The van der Waals surface area contributed by atoms with Crippen LogP contribution in [0.5, 0.6) is 0 Å². The maximum Gasteiger partial charge on any atom is 0.241 e. The number of amides is 1. The van der Waals surface area contributed by atoms with E-state index in [0.717, 1.165) is 25.7 Å². The standard InChI is InChI=1S/C14H20N2O2/c1-10-11(4-7-18-10)16-12(17)14(9-15)8-13(14)5-2-3-6-13/h10-11H,2-8H2,1H3,(H,16,17)/t10-,11-,14?/m1/s1. The summed E-state index contributed by atoms with van der Waals surface area (Å²) in [5.74, 6) is -0.0470. The van der Waals surface area contributed by atoms with E-state index in [4.69, 9.17) is 4.74 Å². The largest absolute Gasteiger partial charge is 0.376 e. The van der Waals surface area contributed by atoms with Gasteiger partial charge >= 0.3 is 0 Å². The van der Waals surface area contributed by atoms with Crippen LogP contribution in [0.3, 0.4) is 0 Å². The minimum atomic E-state index is -0.730. The summed E-state index contributed by atoms with van der Waals surface area (Å²) in [5, 5.41) is 12.5. The molecule has 1 heterocycles. The summed E-state index contributed by atoms with van der Waals surface area (Å²) >= 11 is 0. The first-order valence-corrected chi connectivity index (χ1v) is 6.97. The molecule has 3 atom stereocenters. The van der Waals surface area contributed by atoms with Gasteiger partial charge in [-0.05, 0) is 32.6 Å². The fourth-order valence-corrected chi connectivity index (χ4v) is 3.86. The Morgan fingerprint density at radius 1 is 1.44 bits per heavy atom. The van der Waals surface area contributed by atoms with Gasteiger partial charge in [-0.2, -0.15) is 5.26 Å². The maximum atomic E-state index is 12.4. The lowest BCUT2D eigenvalue weighted by Gasteiger charge is -2.20. The van der Waals surface area contributed by atoms with Crippen LogP contribution in [0.1, 0.15) is 45.4 Å². The Morgan fingerprint density at radius 3 is 2.72 bits per heavy atom. The lowest BCUT2D eigenvalue weighted by atomic mass is 9.91. The monoisotopic (exact) mass is 248 g/mol. The molecule has 18 heavy (non-hydrogen) atoms. The highest BCUT2D eigenvalue weighted by Crippen LogP contribution is 2.71. The molecule has 3 aliphatic rings. The summed E-state index contributed by atoms with van der Waals surface area (Å²) in [7, 11) is 0. The third-order valence-electron chi connectivity index (χ3n) is 5.22. The van der Waals surface area contributed by atoms with Crippen LogP contribution in [0.2, 0.25) is 0 Å². The molecule has 0 radical (unpaired) electrons. The third kappa shape index (κ3) is 1.50. The third-order valence-corrected chi connectivity index (χ3v) is 5.22. The fraction of sp³-hybridized carbons (Fsp3) is 0.857. The van der Waals surface area contributed by atoms with Crippen molar-refractivity contribution in [2.45, 2.75) is 57.6 Å². The van der Waals surface area contributed by atoms with Gasteiger partial charge in [0.05, 0.1) is 18.2 Å². The van der Waals surface area contributed by atoms with Crippen molar-refractivity contribution < 1.29 is 9.53 Å². The van der Waals surface area contributed by atoms with Gasteiger partial charge in [0.25, 0.3) is 0 Å². The number of nitrogens with one attached hydrogen (secondary N) is 1. The molecule has 2 saturated carbocycles. The van der Waals surface area contributed by atoms with Gasteiger partial charge in [0, 0.05) is 12.0 Å². The van der Waals surface area contributed by atoms with Crippen LogP contribution in [0.25, 0.3) is 0 Å². The summed E-state index contributed by atoms with van der Waals surface area (Å²) in [6, 6.07) is 2.41. The van der Waals surface area contributed by atoms with Gasteiger partial charge < -0.3 is 10.1 Å². The summed E-state index contributed by atoms with van der Waals surface area (Å²) in [5.41, 5.74) is -0.722. The average Bonchev–Trinajstić information content (AvgIpc) is 2.67.